The standard InChI is InChI=1S/C31H37F2N3O4/c1-3-20-6-5-7-21(12-20)18-35-19-29(37)27(15-22-13-23(32)16-24(33)14-22)28(31(34)39)17-30(38)36-25-8-10-26(11-9-25)40-4-2/h5-14,16,27-29,35,37H,3-4,15,17-19H2,1-2H3,(H2,34,39)(H,36,38)/t27-,28?,29-/m0/s1. The molecule has 0 saturated heterocycles. The van der Waals surface area contributed by atoms with Crippen LogP contribution in [0.1, 0.15) is 37.0 Å². The Balaban J connectivity index is 1.76. The summed E-state index contributed by atoms with van der Waals surface area (Å²) in [5.41, 5.74) is 8.67. The van der Waals surface area contributed by atoms with E-state index in [1.54, 1.807) is 24.3 Å². The Morgan fingerprint density at radius 2 is 1.62 bits per heavy atom. The van der Waals surface area contributed by atoms with Crippen LogP contribution in [0.25, 0.3) is 0 Å². The van der Waals surface area contributed by atoms with E-state index in [0.29, 0.717) is 24.6 Å². The molecule has 0 saturated carbocycles. The number of carbonyl (C=O) groups excluding carboxylic acids is 2. The predicted octanol–water partition coefficient (Wildman–Crippen LogP) is 4.37. The molecule has 0 spiro atoms. The number of amides is 2. The van der Waals surface area contributed by atoms with Crippen LogP contribution in [0.5, 0.6) is 5.75 Å². The number of halogens is 2. The van der Waals surface area contributed by atoms with E-state index < -0.39 is 41.4 Å². The molecule has 0 aliphatic carbocycles. The van der Waals surface area contributed by atoms with Crippen molar-refractivity contribution in [3.63, 3.8) is 0 Å². The van der Waals surface area contributed by atoms with E-state index >= 15 is 0 Å². The predicted molar refractivity (Wildman–Crippen MR) is 151 cm³/mol. The molecule has 0 bridgehead atoms. The van der Waals surface area contributed by atoms with Gasteiger partial charge in [-0.05, 0) is 72.9 Å². The summed E-state index contributed by atoms with van der Waals surface area (Å²) in [7, 11) is 0. The summed E-state index contributed by atoms with van der Waals surface area (Å²) >= 11 is 0. The summed E-state index contributed by atoms with van der Waals surface area (Å²) in [5.74, 6) is -4.18. The molecule has 214 valence electrons. The van der Waals surface area contributed by atoms with Crippen molar-refractivity contribution in [2.75, 3.05) is 18.5 Å². The van der Waals surface area contributed by atoms with Gasteiger partial charge in [-0.2, -0.15) is 0 Å². The number of rotatable bonds is 15. The first-order valence-electron chi connectivity index (χ1n) is 13.4. The first-order chi connectivity index (χ1) is 19.2. The van der Waals surface area contributed by atoms with Crippen LogP contribution in [-0.4, -0.2) is 36.2 Å². The maximum atomic E-state index is 13.9. The van der Waals surface area contributed by atoms with E-state index in [1.165, 1.54) is 5.56 Å². The van der Waals surface area contributed by atoms with Crippen molar-refractivity contribution in [1.29, 1.82) is 0 Å². The topological polar surface area (TPSA) is 114 Å². The molecule has 3 atom stereocenters. The van der Waals surface area contributed by atoms with Gasteiger partial charge in [-0.15, -0.1) is 0 Å². The van der Waals surface area contributed by atoms with Crippen molar-refractivity contribution in [1.82, 2.24) is 5.32 Å². The average Bonchev–Trinajstić information content (AvgIpc) is 2.91. The van der Waals surface area contributed by atoms with Gasteiger partial charge in [0.15, 0.2) is 0 Å². The third kappa shape index (κ3) is 9.43. The van der Waals surface area contributed by atoms with Gasteiger partial charge in [0.1, 0.15) is 17.4 Å². The first-order valence-corrected chi connectivity index (χ1v) is 13.4. The van der Waals surface area contributed by atoms with Crippen LogP contribution >= 0.6 is 0 Å². The quantitative estimate of drug-likeness (QED) is 0.223. The van der Waals surface area contributed by atoms with Gasteiger partial charge in [0, 0.05) is 37.2 Å². The third-order valence-electron chi connectivity index (χ3n) is 6.71. The summed E-state index contributed by atoms with van der Waals surface area (Å²) in [6.45, 7) is 4.97. The largest absolute Gasteiger partial charge is 0.494 e. The molecule has 1 unspecified atom stereocenters. The number of carbonyl (C=O) groups is 2. The molecule has 9 heteroatoms. The van der Waals surface area contributed by atoms with Crippen molar-refractivity contribution < 1.29 is 28.2 Å². The molecular weight excluding hydrogens is 516 g/mol. The Hall–Kier alpha value is -3.82. The second kappa shape index (κ2) is 15.1. The molecule has 0 aliphatic heterocycles. The molecule has 2 amide bonds. The Bertz CT molecular complexity index is 1250. The van der Waals surface area contributed by atoms with Crippen LogP contribution in [0.15, 0.2) is 66.7 Å². The zero-order chi connectivity index (χ0) is 29.1. The molecular formula is C31H37F2N3O4. The SMILES string of the molecule is CCOc1ccc(NC(=O)CC(C(N)=O)[C@H](Cc2cc(F)cc(F)c2)[C@@H](O)CNCc2cccc(CC)c2)cc1. The van der Waals surface area contributed by atoms with Crippen LogP contribution in [-0.2, 0) is 29.0 Å². The zero-order valence-electron chi connectivity index (χ0n) is 22.8. The van der Waals surface area contributed by atoms with E-state index in [0.717, 1.165) is 30.2 Å². The lowest BCUT2D eigenvalue weighted by Gasteiger charge is -2.29. The summed E-state index contributed by atoms with van der Waals surface area (Å²) in [5, 5.41) is 17.1. The van der Waals surface area contributed by atoms with Gasteiger partial charge in [0.05, 0.1) is 18.6 Å². The van der Waals surface area contributed by atoms with E-state index in [2.05, 4.69) is 23.6 Å². The van der Waals surface area contributed by atoms with Crippen molar-refractivity contribution >= 4 is 17.5 Å². The highest BCUT2D eigenvalue weighted by Gasteiger charge is 2.34. The minimum atomic E-state index is -1.14. The molecule has 0 radical (unpaired) electrons. The number of hydrogen-bond acceptors (Lipinski definition) is 5. The molecule has 0 aromatic heterocycles. The molecule has 0 fully saturated rings. The molecule has 3 rings (SSSR count). The Morgan fingerprint density at radius 3 is 2.25 bits per heavy atom. The van der Waals surface area contributed by atoms with Crippen LogP contribution in [0.4, 0.5) is 14.5 Å². The number of nitrogens with one attached hydrogen (secondary N) is 2. The van der Waals surface area contributed by atoms with Crippen LogP contribution < -0.4 is 21.1 Å². The molecule has 0 aliphatic rings. The lowest BCUT2D eigenvalue weighted by Crippen LogP contribution is -2.43. The average molecular weight is 554 g/mol. The Kier molecular flexibility index (Phi) is 11.6. The lowest BCUT2D eigenvalue weighted by atomic mass is 9.80. The zero-order valence-corrected chi connectivity index (χ0v) is 22.8. The van der Waals surface area contributed by atoms with Crippen molar-refractivity contribution in [2.24, 2.45) is 17.6 Å². The second-order valence-corrected chi connectivity index (χ2v) is 9.74. The maximum absolute atomic E-state index is 13.9. The minimum Gasteiger partial charge on any atom is -0.494 e. The smallest absolute Gasteiger partial charge is 0.225 e. The van der Waals surface area contributed by atoms with Gasteiger partial charge < -0.3 is 26.2 Å². The Labute approximate surface area is 233 Å². The van der Waals surface area contributed by atoms with E-state index in [-0.39, 0.29) is 24.9 Å². The van der Waals surface area contributed by atoms with Crippen LogP contribution in [0.3, 0.4) is 0 Å². The number of ether oxygens (including phenoxy) is 1. The van der Waals surface area contributed by atoms with Crippen LogP contribution in [0, 0.1) is 23.5 Å². The normalized spacial score (nSPS) is 13.3. The summed E-state index contributed by atoms with van der Waals surface area (Å²) in [6.07, 6.45) is -0.633. The fourth-order valence-corrected chi connectivity index (χ4v) is 4.70. The maximum Gasteiger partial charge on any atom is 0.225 e. The number of hydrogen-bond donors (Lipinski definition) is 4. The van der Waals surface area contributed by atoms with Gasteiger partial charge >= 0.3 is 0 Å². The van der Waals surface area contributed by atoms with Crippen molar-refractivity contribution in [3.05, 3.63) is 95.1 Å². The molecule has 40 heavy (non-hydrogen) atoms. The number of primary amides is 1. The van der Waals surface area contributed by atoms with E-state index in [1.807, 2.05) is 25.1 Å². The first kappa shape index (κ1) is 30.7. The van der Waals surface area contributed by atoms with Crippen molar-refractivity contribution in [3.8, 4) is 5.75 Å². The monoisotopic (exact) mass is 553 g/mol. The number of benzene rings is 3. The van der Waals surface area contributed by atoms with Gasteiger partial charge in [-0.25, -0.2) is 8.78 Å². The summed E-state index contributed by atoms with van der Waals surface area (Å²) in [6, 6.07) is 17.8. The molecule has 3 aromatic rings. The highest BCUT2D eigenvalue weighted by molar-refractivity contribution is 5.94. The summed E-state index contributed by atoms with van der Waals surface area (Å²) in [4.78, 5) is 25.5. The van der Waals surface area contributed by atoms with Gasteiger partial charge in [0.25, 0.3) is 0 Å². The highest BCUT2D eigenvalue weighted by Crippen LogP contribution is 2.26. The number of anilines is 1. The van der Waals surface area contributed by atoms with Gasteiger partial charge in [-0.1, -0.05) is 31.2 Å². The number of aliphatic hydroxyl groups excluding tert-OH is 1. The van der Waals surface area contributed by atoms with Crippen molar-refractivity contribution in [2.45, 2.75) is 45.8 Å². The molecule has 5 N–H and O–H groups in total. The number of nitrogens with two attached hydrogens (primary N) is 1. The molecule has 3 aromatic carbocycles. The Morgan fingerprint density at radius 1 is 0.950 bits per heavy atom. The number of aryl methyl sites for hydroxylation is 1. The van der Waals surface area contributed by atoms with E-state index in [9.17, 15) is 23.5 Å². The highest BCUT2D eigenvalue weighted by atomic mass is 19.1. The fourth-order valence-electron chi connectivity index (χ4n) is 4.70. The fraction of sp³-hybridized carbons (Fsp3) is 0.355. The lowest BCUT2D eigenvalue weighted by molar-refractivity contribution is -0.129. The van der Waals surface area contributed by atoms with E-state index in [4.69, 9.17) is 10.5 Å². The van der Waals surface area contributed by atoms with Crippen LogP contribution in [0.2, 0.25) is 0 Å². The number of aliphatic hydroxyl groups is 1. The second-order valence-electron chi connectivity index (χ2n) is 9.74. The van der Waals surface area contributed by atoms with Gasteiger partial charge in [-0.3, -0.25) is 9.59 Å². The molecule has 0 heterocycles. The van der Waals surface area contributed by atoms with Gasteiger partial charge in [0.2, 0.25) is 11.8 Å². The minimum absolute atomic E-state index is 0.0627. The summed E-state index contributed by atoms with van der Waals surface area (Å²) < 4.78 is 33.3. The molecule has 7 nitrogen and oxygen atoms in total. The third-order valence-corrected chi connectivity index (χ3v) is 6.71.